The van der Waals surface area contributed by atoms with Crippen LogP contribution in [0.4, 0.5) is 24.5 Å². The summed E-state index contributed by atoms with van der Waals surface area (Å²) in [6.07, 6.45) is -1.11. The molecule has 1 unspecified atom stereocenters. The summed E-state index contributed by atoms with van der Waals surface area (Å²) in [5, 5.41) is 24.0. The van der Waals surface area contributed by atoms with E-state index in [9.17, 15) is 28.5 Å². The highest BCUT2D eigenvalue weighted by molar-refractivity contribution is 9.10. The normalized spacial score (nSPS) is 13.3. The van der Waals surface area contributed by atoms with Crippen LogP contribution in [0.5, 0.6) is 5.75 Å². The predicted molar refractivity (Wildman–Crippen MR) is 124 cm³/mol. The molecule has 0 amide bonds. The van der Waals surface area contributed by atoms with Crippen LogP contribution >= 0.6 is 27.5 Å². The molecule has 2 atom stereocenters. The average Bonchev–Trinajstić information content (AvgIpc) is 2.68. The number of nitrogens with one attached hydrogen (secondary N) is 1. The van der Waals surface area contributed by atoms with E-state index < -0.39 is 43.5 Å². The Hall–Kier alpha value is -2.33. The molecule has 0 aliphatic carbocycles. The van der Waals surface area contributed by atoms with Crippen molar-refractivity contribution in [2.45, 2.75) is 44.8 Å². The van der Waals surface area contributed by atoms with E-state index >= 15 is 0 Å². The second-order valence-corrected chi connectivity index (χ2v) is 13.6. The van der Waals surface area contributed by atoms with Crippen LogP contribution in [0.2, 0.25) is 24.7 Å². The molecule has 7 nitrogen and oxygen atoms in total. The van der Waals surface area contributed by atoms with Gasteiger partial charge in [0.1, 0.15) is 23.4 Å². The van der Waals surface area contributed by atoms with Gasteiger partial charge in [-0.15, -0.1) is 0 Å². The first-order valence-electron chi connectivity index (χ1n) is 9.53. The monoisotopic (exact) mass is 565 g/mol. The van der Waals surface area contributed by atoms with E-state index in [1.165, 1.54) is 18.2 Å². The zero-order valence-electron chi connectivity index (χ0n) is 17.7. The van der Waals surface area contributed by atoms with E-state index in [-0.39, 0.29) is 32.9 Å². The Morgan fingerprint density at radius 3 is 2.55 bits per heavy atom. The van der Waals surface area contributed by atoms with Gasteiger partial charge in [0.15, 0.2) is 8.32 Å². The molecule has 0 saturated heterocycles. The third-order valence-corrected chi connectivity index (χ3v) is 6.16. The van der Waals surface area contributed by atoms with Crippen LogP contribution in [0.1, 0.15) is 18.0 Å². The molecule has 1 N–H and O–H groups in total. The van der Waals surface area contributed by atoms with Crippen molar-refractivity contribution in [3.63, 3.8) is 0 Å². The highest BCUT2D eigenvalue weighted by atomic mass is 79.9. The highest BCUT2D eigenvalue weighted by Crippen LogP contribution is 2.40. The van der Waals surface area contributed by atoms with Crippen LogP contribution in [0, 0.1) is 27.3 Å². The molecule has 2 aromatic rings. The van der Waals surface area contributed by atoms with E-state index in [1.807, 2.05) is 25.7 Å². The van der Waals surface area contributed by atoms with Crippen LogP contribution < -0.4 is 10.1 Å². The van der Waals surface area contributed by atoms with Gasteiger partial charge in [-0.25, -0.2) is 4.39 Å². The summed E-state index contributed by atoms with van der Waals surface area (Å²) >= 11 is 9.29. The summed E-state index contributed by atoms with van der Waals surface area (Å²) in [6.45, 7) is 2.43. The van der Waals surface area contributed by atoms with E-state index in [4.69, 9.17) is 16.0 Å². The molecule has 0 heterocycles. The maximum atomic E-state index is 13.9. The molecule has 0 fully saturated rings. The summed E-state index contributed by atoms with van der Waals surface area (Å²) in [4.78, 5) is 10.7. The third kappa shape index (κ3) is 7.60. The van der Waals surface area contributed by atoms with E-state index in [0.29, 0.717) is 6.07 Å². The Bertz CT molecular complexity index is 1070. The van der Waals surface area contributed by atoms with E-state index in [0.717, 1.165) is 6.07 Å². The second kappa shape index (κ2) is 11.2. The van der Waals surface area contributed by atoms with Gasteiger partial charge in [-0.2, -0.15) is 14.0 Å². The lowest BCUT2D eigenvalue weighted by Gasteiger charge is -2.28. The summed E-state index contributed by atoms with van der Waals surface area (Å²) in [5.41, 5.74) is -0.664. The van der Waals surface area contributed by atoms with Gasteiger partial charge in [-0.05, 0) is 53.8 Å². The van der Waals surface area contributed by atoms with Crippen LogP contribution in [0.3, 0.4) is 0 Å². The lowest BCUT2D eigenvalue weighted by Crippen LogP contribution is -2.33. The number of nitro groups is 1. The fourth-order valence-electron chi connectivity index (χ4n) is 3.06. The minimum atomic E-state index is -3.16. The van der Waals surface area contributed by atoms with Crippen LogP contribution in [-0.2, 0) is 4.43 Å². The molecule has 0 bridgehead atoms. The molecule has 0 aromatic heterocycles. The maximum Gasteiger partial charge on any atom is 0.387 e. The SMILES string of the molecule is C[Si](C)(C)OC(C#N)C[C@@H](Nc1cc(Br)c(F)cc1[N+](=O)[O-])c1c(Cl)cccc1OC(F)F. The quantitative estimate of drug-likeness (QED) is 0.188. The minimum absolute atomic E-state index is 0.0270. The molecule has 0 saturated carbocycles. The van der Waals surface area contributed by atoms with Crippen LogP contribution in [0.25, 0.3) is 0 Å². The van der Waals surface area contributed by atoms with Crippen molar-refractivity contribution in [3.05, 3.63) is 61.3 Å². The Morgan fingerprint density at radius 2 is 2.00 bits per heavy atom. The predicted octanol–water partition coefficient (Wildman–Crippen LogP) is 7.04. The molecule has 2 rings (SSSR count). The van der Waals surface area contributed by atoms with Crippen molar-refractivity contribution in [2.75, 3.05) is 5.32 Å². The van der Waals surface area contributed by atoms with E-state index in [2.05, 4.69) is 26.0 Å². The number of alkyl halides is 2. The van der Waals surface area contributed by atoms with Crippen LogP contribution in [-0.4, -0.2) is 26.0 Å². The number of rotatable bonds is 10. The van der Waals surface area contributed by atoms with Gasteiger partial charge >= 0.3 is 6.61 Å². The Labute approximate surface area is 202 Å². The average molecular weight is 567 g/mol. The number of nitro benzene ring substituents is 1. The fraction of sp³-hybridized carbons (Fsp3) is 0.350. The van der Waals surface area contributed by atoms with Crippen molar-refractivity contribution in [3.8, 4) is 11.8 Å². The molecule has 0 radical (unpaired) electrons. The van der Waals surface area contributed by atoms with Gasteiger partial charge in [-0.1, -0.05) is 17.7 Å². The Kier molecular flexibility index (Phi) is 9.13. The Morgan fingerprint density at radius 1 is 1.33 bits per heavy atom. The van der Waals surface area contributed by atoms with Gasteiger partial charge in [-0.3, -0.25) is 10.1 Å². The topological polar surface area (TPSA) is 97.4 Å². The number of ether oxygens (including phenoxy) is 1. The molecule has 0 aliphatic rings. The van der Waals surface area contributed by atoms with Crippen molar-refractivity contribution in [1.82, 2.24) is 0 Å². The maximum absolute atomic E-state index is 13.9. The Balaban J connectivity index is 2.62. The first kappa shape index (κ1) is 26.9. The molecule has 0 spiro atoms. The number of anilines is 1. The van der Waals surface area contributed by atoms with Crippen molar-refractivity contribution >= 4 is 47.2 Å². The number of hydrogen-bond acceptors (Lipinski definition) is 6. The van der Waals surface area contributed by atoms with Gasteiger partial charge in [0.25, 0.3) is 5.69 Å². The molecule has 178 valence electrons. The van der Waals surface area contributed by atoms with Crippen molar-refractivity contribution in [1.29, 1.82) is 5.26 Å². The number of nitrogens with zero attached hydrogens (tertiary/aromatic N) is 2. The number of halogens is 5. The largest absolute Gasteiger partial charge is 0.434 e. The van der Waals surface area contributed by atoms with Gasteiger partial charge in [0.2, 0.25) is 0 Å². The van der Waals surface area contributed by atoms with Crippen molar-refractivity contribution < 1.29 is 27.3 Å². The van der Waals surface area contributed by atoms with Gasteiger partial charge in [0, 0.05) is 17.0 Å². The molecular weight excluding hydrogens is 547 g/mol. The first-order valence-corrected chi connectivity index (χ1v) is 14.1. The standard InChI is InChI=1S/C20H20BrClF3N3O4Si/c1-33(2,3)32-11(10-26)7-16(19-13(22)5-4-6-18(19)31-20(24)25)27-15-8-12(21)14(23)9-17(15)28(29)30/h4-6,8-9,11,16,20,27H,7H2,1-3H3/t11?,16-/m1/s1. The molecule has 0 aliphatic heterocycles. The molecular formula is C20H20BrClF3N3O4Si. The summed E-state index contributed by atoms with van der Waals surface area (Å²) in [6, 6.07) is 6.93. The summed E-state index contributed by atoms with van der Waals surface area (Å²) in [7, 11) is -2.20. The van der Waals surface area contributed by atoms with E-state index in [1.54, 1.807) is 0 Å². The number of nitriles is 1. The molecule has 33 heavy (non-hydrogen) atoms. The first-order chi connectivity index (χ1) is 15.3. The number of benzene rings is 2. The summed E-state index contributed by atoms with van der Waals surface area (Å²) in [5.74, 6) is -1.14. The minimum Gasteiger partial charge on any atom is -0.434 e. The second-order valence-electron chi connectivity index (χ2n) is 7.85. The van der Waals surface area contributed by atoms with Gasteiger partial charge in [0.05, 0.1) is 27.6 Å². The lowest BCUT2D eigenvalue weighted by molar-refractivity contribution is -0.384. The van der Waals surface area contributed by atoms with Crippen LogP contribution in [0.15, 0.2) is 34.8 Å². The fourth-order valence-corrected chi connectivity index (χ4v) is 4.71. The van der Waals surface area contributed by atoms with Gasteiger partial charge < -0.3 is 14.5 Å². The third-order valence-electron chi connectivity index (χ3n) is 4.23. The smallest absolute Gasteiger partial charge is 0.387 e. The molecule has 2 aromatic carbocycles. The lowest BCUT2D eigenvalue weighted by atomic mass is 9.99. The highest BCUT2D eigenvalue weighted by Gasteiger charge is 2.30. The number of hydrogen-bond donors (Lipinski definition) is 1. The zero-order valence-corrected chi connectivity index (χ0v) is 21.1. The van der Waals surface area contributed by atoms with Crippen molar-refractivity contribution in [2.24, 2.45) is 0 Å². The zero-order chi connectivity index (χ0) is 24.9. The summed E-state index contributed by atoms with van der Waals surface area (Å²) < 4.78 is 50.4. The molecule has 13 heteroatoms.